The van der Waals surface area contributed by atoms with E-state index in [2.05, 4.69) is 10.1 Å². The summed E-state index contributed by atoms with van der Waals surface area (Å²) in [6.07, 6.45) is -3.21. The Morgan fingerprint density at radius 1 is 1.47 bits per heavy atom. The minimum atomic E-state index is -4.44. The Bertz CT molecular complexity index is 489. The molecule has 0 atom stereocenters. The zero-order chi connectivity index (χ0) is 11.8. The number of aromatic hydroxyl groups is 1. The number of nitrogens with two attached hydrogens (primary N) is 1. The first-order valence-corrected chi connectivity index (χ1v) is 4.98. The number of primary sulfonamides is 1. The van der Waals surface area contributed by atoms with E-state index in [9.17, 15) is 21.6 Å². The van der Waals surface area contributed by atoms with Gasteiger partial charge in [0.05, 0.1) is 0 Å². The van der Waals surface area contributed by atoms with Gasteiger partial charge in [0.2, 0.25) is 16.0 Å². The molecule has 0 aliphatic heterocycles. The number of hydrogen-bond donors (Lipinski definition) is 2. The summed E-state index contributed by atoms with van der Waals surface area (Å²) < 4.78 is 58.4. The van der Waals surface area contributed by atoms with Crippen LogP contribution in [-0.4, -0.2) is 18.5 Å². The monoisotopic (exact) mass is 242 g/mol. The van der Waals surface area contributed by atoms with Crippen LogP contribution < -0.4 is 5.14 Å². The van der Waals surface area contributed by atoms with Crippen molar-refractivity contribution in [2.45, 2.75) is 11.3 Å². The first kappa shape index (κ1) is 11.7. The van der Waals surface area contributed by atoms with Gasteiger partial charge in [-0.25, -0.2) is 27.3 Å². The number of nitrogens with zero attached hydrogens (tertiary/aromatic N) is 1. The van der Waals surface area contributed by atoms with Gasteiger partial charge in [-0.1, -0.05) is 0 Å². The third-order valence-corrected chi connectivity index (χ3v) is 2.36. The van der Waals surface area contributed by atoms with Gasteiger partial charge in [-0.3, -0.25) is 0 Å². The van der Waals surface area contributed by atoms with Gasteiger partial charge in [0.25, 0.3) is 6.43 Å². The molecular formula is C6H5F3N2O3S. The van der Waals surface area contributed by atoms with Crippen molar-refractivity contribution < 1.29 is 26.7 Å². The van der Waals surface area contributed by atoms with E-state index in [0.717, 1.165) is 0 Å². The van der Waals surface area contributed by atoms with Crippen molar-refractivity contribution in [2.75, 3.05) is 0 Å². The number of hydrogen-bond acceptors (Lipinski definition) is 4. The summed E-state index contributed by atoms with van der Waals surface area (Å²) in [4.78, 5) is 1.48. The van der Waals surface area contributed by atoms with Crippen LogP contribution in [0, 0.1) is 5.95 Å². The molecule has 84 valence electrons. The van der Waals surface area contributed by atoms with Crippen molar-refractivity contribution in [1.29, 1.82) is 0 Å². The highest BCUT2D eigenvalue weighted by Crippen LogP contribution is 2.28. The van der Waals surface area contributed by atoms with Crippen molar-refractivity contribution in [3.05, 3.63) is 17.7 Å². The summed E-state index contributed by atoms with van der Waals surface area (Å²) in [5, 5.41) is 13.5. The fraction of sp³-hybridized carbons (Fsp3) is 0.167. The van der Waals surface area contributed by atoms with E-state index in [-0.39, 0.29) is 0 Å². The van der Waals surface area contributed by atoms with Crippen LogP contribution in [-0.2, 0) is 10.0 Å². The number of pyridine rings is 1. The predicted octanol–water partition coefficient (Wildman–Crippen LogP) is 0.511. The van der Waals surface area contributed by atoms with Gasteiger partial charge in [-0.15, -0.1) is 0 Å². The largest absolute Gasteiger partial charge is 0.506 e. The lowest BCUT2D eigenvalue weighted by Crippen LogP contribution is -2.15. The summed E-state index contributed by atoms with van der Waals surface area (Å²) in [5.41, 5.74) is -1.24. The quantitative estimate of drug-likeness (QED) is 0.739. The van der Waals surface area contributed by atoms with Gasteiger partial charge < -0.3 is 5.11 Å². The molecule has 0 amide bonds. The summed E-state index contributed by atoms with van der Waals surface area (Å²) in [6.45, 7) is 0. The zero-order valence-corrected chi connectivity index (χ0v) is 7.80. The number of rotatable bonds is 2. The van der Waals surface area contributed by atoms with Gasteiger partial charge in [-0.2, -0.15) is 4.39 Å². The Hall–Kier alpha value is -1.35. The Balaban J connectivity index is 3.46. The lowest BCUT2D eigenvalue weighted by atomic mass is 10.3. The van der Waals surface area contributed by atoms with E-state index in [1.807, 2.05) is 0 Å². The van der Waals surface area contributed by atoms with Gasteiger partial charge in [0.1, 0.15) is 10.6 Å². The maximum atomic E-state index is 12.9. The van der Waals surface area contributed by atoms with Crippen LogP contribution in [0.25, 0.3) is 0 Å². The summed E-state index contributed by atoms with van der Waals surface area (Å²) in [5.74, 6) is -2.80. The van der Waals surface area contributed by atoms with Gasteiger partial charge in [0.15, 0.2) is 5.69 Å². The molecule has 1 rings (SSSR count). The minimum Gasteiger partial charge on any atom is -0.506 e. The smallest absolute Gasteiger partial charge is 0.284 e. The van der Waals surface area contributed by atoms with E-state index in [0.29, 0.717) is 6.07 Å². The molecule has 1 aromatic heterocycles. The molecule has 0 spiro atoms. The van der Waals surface area contributed by atoms with Crippen molar-refractivity contribution >= 4 is 10.0 Å². The van der Waals surface area contributed by atoms with E-state index >= 15 is 0 Å². The Morgan fingerprint density at radius 2 is 2.00 bits per heavy atom. The van der Waals surface area contributed by atoms with Crippen LogP contribution in [0.2, 0.25) is 0 Å². The first-order chi connectivity index (χ1) is 6.73. The highest BCUT2D eigenvalue weighted by Gasteiger charge is 2.23. The molecule has 0 aliphatic rings. The van der Waals surface area contributed by atoms with Crippen LogP contribution in [0.5, 0.6) is 5.75 Å². The van der Waals surface area contributed by atoms with E-state index in [1.165, 1.54) is 0 Å². The molecule has 1 heterocycles. The average molecular weight is 242 g/mol. The van der Waals surface area contributed by atoms with Crippen LogP contribution in [0.15, 0.2) is 11.0 Å². The lowest BCUT2D eigenvalue weighted by molar-refractivity contribution is 0.140. The van der Waals surface area contributed by atoms with Crippen LogP contribution in [0.4, 0.5) is 13.2 Å². The molecule has 9 heteroatoms. The van der Waals surface area contributed by atoms with Crippen molar-refractivity contribution in [2.24, 2.45) is 5.14 Å². The van der Waals surface area contributed by atoms with E-state index < -0.39 is 38.7 Å². The number of halogens is 3. The second kappa shape index (κ2) is 3.66. The second-order valence-corrected chi connectivity index (χ2v) is 4.06. The molecule has 0 fully saturated rings. The summed E-state index contributed by atoms with van der Waals surface area (Å²) in [7, 11) is -4.44. The fourth-order valence-corrected chi connectivity index (χ4v) is 1.39. The third-order valence-electron chi connectivity index (χ3n) is 1.47. The molecule has 0 aliphatic carbocycles. The Labute approximate surface area is 82.4 Å². The number of aromatic nitrogens is 1. The highest BCUT2D eigenvalue weighted by atomic mass is 32.2. The summed E-state index contributed by atoms with van der Waals surface area (Å²) >= 11 is 0. The van der Waals surface area contributed by atoms with E-state index in [4.69, 9.17) is 5.11 Å². The van der Waals surface area contributed by atoms with Gasteiger partial charge in [-0.05, 0) is 0 Å². The van der Waals surface area contributed by atoms with Crippen molar-refractivity contribution in [1.82, 2.24) is 4.98 Å². The van der Waals surface area contributed by atoms with E-state index in [1.54, 1.807) is 0 Å². The molecule has 0 radical (unpaired) electrons. The molecule has 15 heavy (non-hydrogen) atoms. The van der Waals surface area contributed by atoms with Crippen molar-refractivity contribution in [3.63, 3.8) is 0 Å². The van der Waals surface area contributed by atoms with Crippen LogP contribution in [0.3, 0.4) is 0 Å². The molecule has 3 N–H and O–H groups in total. The molecule has 0 saturated heterocycles. The molecular weight excluding hydrogens is 237 g/mol. The molecule has 0 unspecified atom stereocenters. The van der Waals surface area contributed by atoms with Gasteiger partial charge in [0, 0.05) is 6.07 Å². The second-order valence-electron chi connectivity index (χ2n) is 2.53. The van der Waals surface area contributed by atoms with Crippen LogP contribution >= 0.6 is 0 Å². The molecule has 1 aromatic rings. The van der Waals surface area contributed by atoms with Gasteiger partial charge >= 0.3 is 0 Å². The first-order valence-electron chi connectivity index (χ1n) is 3.44. The zero-order valence-electron chi connectivity index (χ0n) is 6.99. The SMILES string of the molecule is NS(=O)(=O)c1cc(O)c(C(F)F)nc1F. The maximum Gasteiger partial charge on any atom is 0.284 e. The highest BCUT2D eigenvalue weighted by molar-refractivity contribution is 7.89. The Morgan fingerprint density at radius 3 is 2.40 bits per heavy atom. The Kier molecular flexibility index (Phi) is 2.86. The fourth-order valence-electron chi connectivity index (χ4n) is 0.836. The molecule has 0 aromatic carbocycles. The average Bonchev–Trinajstić information content (AvgIpc) is 2.06. The normalized spacial score (nSPS) is 12.1. The number of alkyl halides is 2. The molecule has 0 saturated carbocycles. The lowest BCUT2D eigenvalue weighted by Gasteiger charge is -2.05. The summed E-state index contributed by atoms with van der Waals surface area (Å²) in [6, 6.07) is 0.291. The third kappa shape index (κ3) is 2.36. The topological polar surface area (TPSA) is 93.3 Å². The van der Waals surface area contributed by atoms with Crippen molar-refractivity contribution in [3.8, 4) is 5.75 Å². The minimum absolute atomic E-state index is 0.291. The molecule has 0 bridgehead atoms. The standard InChI is InChI=1S/C6H5F3N2O3S/c7-5(8)4-2(12)1-3(6(9)11-4)15(10,13)14/h1,5,12H,(H2,10,13,14). The maximum absolute atomic E-state index is 12.9. The van der Waals surface area contributed by atoms with Crippen LogP contribution in [0.1, 0.15) is 12.1 Å². The molecule has 5 nitrogen and oxygen atoms in total. The number of sulfonamides is 1. The predicted molar refractivity (Wildman–Crippen MR) is 42.2 cm³/mol.